The smallest absolute Gasteiger partial charge is 0.342 e. The van der Waals surface area contributed by atoms with Gasteiger partial charge in [0.15, 0.2) is 0 Å². The Kier molecular flexibility index (Phi) is 5.19. The summed E-state index contributed by atoms with van der Waals surface area (Å²) >= 11 is 1.60. The Morgan fingerprint density at radius 3 is 2.80 bits per heavy atom. The number of carbonyl (C=O) groups excluding carboxylic acids is 1. The van der Waals surface area contributed by atoms with Crippen molar-refractivity contribution in [1.29, 1.82) is 0 Å². The minimum atomic E-state index is -0.134. The van der Waals surface area contributed by atoms with Crippen LogP contribution < -0.4 is 16.3 Å². The summed E-state index contributed by atoms with van der Waals surface area (Å²) in [6.45, 7) is 0. The zero-order valence-electron chi connectivity index (χ0n) is 11.6. The van der Waals surface area contributed by atoms with E-state index in [1.165, 1.54) is 13.2 Å². The van der Waals surface area contributed by atoms with Gasteiger partial charge in [0.2, 0.25) is 0 Å². The summed E-state index contributed by atoms with van der Waals surface area (Å²) < 4.78 is 4.78. The predicted octanol–water partition coefficient (Wildman–Crippen LogP) is 0.134. The van der Waals surface area contributed by atoms with Crippen LogP contribution in [-0.4, -0.2) is 23.8 Å². The molecule has 20 heavy (non-hydrogen) atoms. The van der Waals surface area contributed by atoms with Crippen LogP contribution in [0.15, 0.2) is 16.0 Å². The van der Waals surface area contributed by atoms with Gasteiger partial charge in [-0.3, -0.25) is 10.5 Å². The number of thioether (sulfide) groups is 1. The van der Waals surface area contributed by atoms with Crippen molar-refractivity contribution < 1.29 is 20.2 Å². The molecular weight excluding hydrogens is 278 g/mol. The maximum Gasteiger partial charge on any atom is 0.342 e. The number of methoxy groups -OCH3 is 1. The molecule has 1 saturated carbocycles. The number of H-pyrrole nitrogens is 2. The van der Waals surface area contributed by atoms with Crippen molar-refractivity contribution in [2.75, 3.05) is 12.9 Å². The highest BCUT2D eigenvalue weighted by atomic mass is 32.2. The lowest BCUT2D eigenvalue weighted by Crippen LogP contribution is -2.48. The van der Waals surface area contributed by atoms with Crippen LogP contribution in [0.25, 0.3) is 0 Å². The quantitative estimate of drug-likeness (QED) is 0.469. The van der Waals surface area contributed by atoms with Crippen molar-refractivity contribution in [2.45, 2.75) is 30.8 Å². The number of esters is 1. The van der Waals surface area contributed by atoms with E-state index in [1.54, 1.807) is 11.8 Å². The number of aromatic amines is 2. The summed E-state index contributed by atoms with van der Waals surface area (Å²) in [5, 5.41) is 0.748. The minimum absolute atomic E-state index is 0.0655. The van der Waals surface area contributed by atoms with Crippen molar-refractivity contribution in [3.63, 3.8) is 0 Å². The van der Waals surface area contributed by atoms with E-state index in [2.05, 4.69) is 15.7 Å². The lowest BCUT2D eigenvalue weighted by molar-refractivity contribution is -0.512. The third-order valence-electron chi connectivity index (χ3n) is 3.66. The normalized spacial score (nSPS) is 22.5. The Morgan fingerprint density at radius 2 is 2.20 bits per heavy atom. The lowest BCUT2D eigenvalue weighted by Gasteiger charge is -2.26. The van der Waals surface area contributed by atoms with E-state index in [4.69, 9.17) is 4.74 Å². The van der Waals surface area contributed by atoms with Gasteiger partial charge in [-0.05, 0) is 43.4 Å². The molecule has 6 nitrogen and oxygen atoms in total. The second-order valence-electron chi connectivity index (χ2n) is 5.16. The molecule has 1 aromatic rings. The third kappa shape index (κ3) is 4.08. The molecule has 5 N–H and O–H groups in total. The Hall–Kier alpha value is -1.34. The summed E-state index contributed by atoms with van der Waals surface area (Å²) in [7, 11) is 1.45. The van der Waals surface area contributed by atoms with Gasteiger partial charge in [-0.15, -0.1) is 0 Å². The van der Waals surface area contributed by atoms with Gasteiger partial charge in [-0.1, -0.05) is 0 Å². The van der Waals surface area contributed by atoms with Gasteiger partial charge in [0.05, 0.1) is 13.0 Å². The molecule has 1 heterocycles. The van der Waals surface area contributed by atoms with Crippen LogP contribution >= 0.6 is 11.8 Å². The highest BCUT2D eigenvalue weighted by Crippen LogP contribution is 2.32. The summed E-state index contributed by atoms with van der Waals surface area (Å²) in [5.74, 6) is 2.11. The van der Waals surface area contributed by atoms with Gasteiger partial charge in [0.1, 0.15) is 6.07 Å². The van der Waals surface area contributed by atoms with Crippen LogP contribution in [0.3, 0.4) is 0 Å². The van der Waals surface area contributed by atoms with E-state index in [0.717, 1.165) is 36.6 Å². The number of nitrogens with one attached hydrogen (secondary N) is 2. The highest BCUT2D eigenvalue weighted by molar-refractivity contribution is 7.99. The molecule has 0 radical (unpaired) electrons. The molecule has 0 aromatic carbocycles. The maximum absolute atomic E-state index is 11.4. The average Bonchev–Trinajstić information content (AvgIpc) is 2.44. The lowest BCUT2D eigenvalue weighted by atomic mass is 9.83. The van der Waals surface area contributed by atoms with Crippen molar-refractivity contribution in [3.8, 4) is 0 Å². The highest BCUT2D eigenvalue weighted by Gasteiger charge is 2.27. The maximum atomic E-state index is 11.4. The van der Waals surface area contributed by atoms with Gasteiger partial charge in [-0.25, -0.2) is 9.78 Å². The second kappa shape index (κ2) is 6.90. The molecule has 0 saturated heterocycles. The predicted molar refractivity (Wildman–Crippen MR) is 74.4 cm³/mol. The average molecular weight is 299 g/mol. The largest absolute Gasteiger partial charge is 0.469 e. The molecular formula is C13H21N3O3S+2. The third-order valence-corrected chi connectivity index (χ3v) is 4.79. The summed E-state index contributed by atoms with van der Waals surface area (Å²) in [4.78, 5) is 28.6. The molecule has 0 unspecified atom stereocenters. The molecule has 2 rings (SSSR count). The fraction of sp³-hybridized carbons (Fsp3) is 0.615. The van der Waals surface area contributed by atoms with E-state index in [-0.39, 0.29) is 17.4 Å². The number of aromatic nitrogens is 2. The van der Waals surface area contributed by atoms with Gasteiger partial charge < -0.3 is 4.74 Å². The molecule has 0 amide bonds. The number of quaternary nitrogens is 1. The van der Waals surface area contributed by atoms with Crippen molar-refractivity contribution in [2.24, 2.45) is 11.8 Å². The van der Waals surface area contributed by atoms with Crippen LogP contribution in [0.5, 0.6) is 0 Å². The van der Waals surface area contributed by atoms with Crippen LogP contribution in [0.4, 0.5) is 5.82 Å². The fourth-order valence-electron chi connectivity index (χ4n) is 2.52. The van der Waals surface area contributed by atoms with Crippen molar-refractivity contribution in [1.82, 2.24) is 4.98 Å². The molecule has 7 heteroatoms. The van der Waals surface area contributed by atoms with Crippen molar-refractivity contribution >= 4 is 23.5 Å². The minimum Gasteiger partial charge on any atom is -0.469 e. The van der Waals surface area contributed by atoms with E-state index in [0.29, 0.717) is 11.7 Å². The SMILES string of the molecule is COC(=O)C1CCC(CSc2[nH]c(=O)cc([NH3+])[nH+]2)CC1. The molecule has 1 aromatic heterocycles. The molecule has 1 fully saturated rings. The zero-order valence-corrected chi connectivity index (χ0v) is 12.4. The van der Waals surface area contributed by atoms with E-state index in [1.807, 2.05) is 0 Å². The first-order chi connectivity index (χ1) is 9.58. The number of ether oxygens (including phenoxy) is 1. The summed E-state index contributed by atoms with van der Waals surface area (Å²) in [5.41, 5.74) is 3.60. The Labute approximate surface area is 121 Å². The van der Waals surface area contributed by atoms with Gasteiger partial charge in [0.25, 0.3) is 5.82 Å². The Bertz CT molecular complexity index is 524. The first kappa shape index (κ1) is 15.1. The zero-order chi connectivity index (χ0) is 14.5. The van der Waals surface area contributed by atoms with Crippen molar-refractivity contribution in [3.05, 3.63) is 16.4 Å². The molecule has 1 aliphatic carbocycles. The van der Waals surface area contributed by atoms with Gasteiger partial charge >= 0.3 is 16.7 Å². The van der Waals surface area contributed by atoms with Gasteiger partial charge in [-0.2, -0.15) is 4.98 Å². The van der Waals surface area contributed by atoms with Crippen LogP contribution in [-0.2, 0) is 9.53 Å². The first-order valence-electron chi connectivity index (χ1n) is 6.77. The standard InChI is InChI=1S/C13H19N3O3S/c1-19-12(18)9-4-2-8(3-5-9)7-20-13-15-10(14)6-11(17)16-13/h6,8-9H,2-5,7H2,1H3,(H3,14,15,16,17)/p+2. The molecule has 110 valence electrons. The molecule has 0 spiro atoms. The van der Waals surface area contributed by atoms with E-state index < -0.39 is 0 Å². The van der Waals surface area contributed by atoms with Crippen LogP contribution in [0.1, 0.15) is 25.7 Å². The number of hydrogen-bond donors (Lipinski definition) is 2. The Balaban J connectivity index is 1.81. The molecule has 0 bridgehead atoms. The molecule has 1 aliphatic rings. The number of hydrogen-bond acceptors (Lipinski definition) is 4. The second-order valence-corrected chi connectivity index (χ2v) is 6.20. The summed E-state index contributed by atoms with van der Waals surface area (Å²) in [6, 6.07) is 1.44. The van der Waals surface area contributed by atoms with Crippen LogP contribution in [0, 0.1) is 11.8 Å². The monoisotopic (exact) mass is 299 g/mol. The van der Waals surface area contributed by atoms with E-state index >= 15 is 0 Å². The van der Waals surface area contributed by atoms with Gasteiger partial charge in [0, 0.05) is 5.75 Å². The molecule has 0 aliphatic heterocycles. The number of carbonyl (C=O) groups is 1. The summed E-state index contributed by atoms with van der Waals surface area (Å²) in [6.07, 6.45) is 3.85. The molecule has 0 atom stereocenters. The number of rotatable bonds is 4. The first-order valence-corrected chi connectivity index (χ1v) is 7.76. The van der Waals surface area contributed by atoms with Crippen LogP contribution in [0.2, 0.25) is 0 Å². The van der Waals surface area contributed by atoms with E-state index in [9.17, 15) is 9.59 Å². The topological polar surface area (TPSA) is 101 Å². The fourth-order valence-corrected chi connectivity index (χ4v) is 3.64. The Morgan fingerprint density at radius 1 is 1.50 bits per heavy atom.